The largest absolute Gasteiger partial charge is 0.356 e. The maximum atomic E-state index is 11.5. The SMILES string of the molecule is CN=C(NCCCN(C(C)C)C(C)C)NCC1CCS(=O)(=O)C1.I. The Kier molecular flexibility index (Phi) is 11.5. The van der Waals surface area contributed by atoms with Gasteiger partial charge in [0.25, 0.3) is 0 Å². The molecule has 0 radical (unpaired) electrons. The molecule has 24 heavy (non-hydrogen) atoms. The molecule has 0 aromatic heterocycles. The van der Waals surface area contributed by atoms with E-state index in [1.54, 1.807) is 7.05 Å². The molecule has 0 aromatic carbocycles. The second-order valence-electron chi connectivity index (χ2n) is 6.93. The van der Waals surface area contributed by atoms with Crippen LogP contribution in [0, 0.1) is 5.92 Å². The summed E-state index contributed by atoms with van der Waals surface area (Å²) in [4.78, 5) is 6.68. The Labute approximate surface area is 165 Å². The van der Waals surface area contributed by atoms with Gasteiger partial charge in [-0.25, -0.2) is 8.42 Å². The molecular weight excluding hydrogens is 439 g/mol. The zero-order valence-corrected chi connectivity index (χ0v) is 18.9. The number of rotatable bonds is 8. The second kappa shape index (κ2) is 11.5. The minimum atomic E-state index is -2.80. The summed E-state index contributed by atoms with van der Waals surface area (Å²) < 4.78 is 22.9. The maximum absolute atomic E-state index is 11.5. The molecule has 0 amide bonds. The fourth-order valence-corrected chi connectivity index (χ4v) is 4.94. The molecule has 144 valence electrons. The molecule has 1 atom stereocenters. The molecule has 1 aliphatic heterocycles. The highest BCUT2D eigenvalue weighted by molar-refractivity contribution is 14.0. The van der Waals surface area contributed by atoms with Gasteiger partial charge in [-0.3, -0.25) is 9.89 Å². The first-order chi connectivity index (χ1) is 10.7. The zero-order chi connectivity index (χ0) is 17.5. The Morgan fingerprint density at radius 1 is 1.21 bits per heavy atom. The van der Waals surface area contributed by atoms with Crippen LogP contribution in [-0.4, -0.2) is 69.5 Å². The number of aliphatic imine (C=N–C) groups is 1. The van der Waals surface area contributed by atoms with E-state index in [1.807, 2.05) is 0 Å². The first-order valence-electron chi connectivity index (χ1n) is 8.66. The van der Waals surface area contributed by atoms with Gasteiger partial charge in [-0.15, -0.1) is 24.0 Å². The van der Waals surface area contributed by atoms with Crippen molar-refractivity contribution in [2.75, 3.05) is 38.2 Å². The summed E-state index contributed by atoms with van der Waals surface area (Å²) >= 11 is 0. The Hall–Kier alpha value is -0.0900. The maximum Gasteiger partial charge on any atom is 0.190 e. The van der Waals surface area contributed by atoms with Crippen LogP contribution in [0.15, 0.2) is 4.99 Å². The number of guanidine groups is 1. The number of halogens is 1. The van der Waals surface area contributed by atoms with Crippen LogP contribution in [0.2, 0.25) is 0 Å². The summed E-state index contributed by atoms with van der Waals surface area (Å²) in [6.45, 7) is 11.5. The van der Waals surface area contributed by atoms with E-state index < -0.39 is 9.84 Å². The molecule has 1 fully saturated rings. The lowest BCUT2D eigenvalue weighted by Gasteiger charge is -2.30. The van der Waals surface area contributed by atoms with Crippen molar-refractivity contribution in [3.05, 3.63) is 0 Å². The normalized spacial score (nSPS) is 20.5. The number of hydrogen-bond donors (Lipinski definition) is 2. The van der Waals surface area contributed by atoms with Crippen LogP contribution >= 0.6 is 24.0 Å². The number of sulfone groups is 1. The topological polar surface area (TPSA) is 73.8 Å². The number of nitrogens with zero attached hydrogens (tertiary/aromatic N) is 2. The molecule has 0 spiro atoms. The summed E-state index contributed by atoms with van der Waals surface area (Å²) in [5.41, 5.74) is 0. The Morgan fingerprint density at radius 2 is 1.83 bits per heavy atom. The third-order valence-electron chi connectivity index (χ3n) is 4.32. The van der Waals surface area contributed by atoms with Crippen LogP contribution < -0.4 is 10.6 Å². The van der Waals surface area contributed by atoms with Gasteiger partial charge in [0.2, 0.25) is 0 Å². The lowest BCUT2D eigenvalue weighted by Crippen LogP contribution is -2.42. The molecule has 1 heterocycles. The quantitative estimate of drug-likeness (QED) is 0.243. The molecule has 0 bridgehead atoms. The molecule has 1 unspecified atom stereocenters. The Morgan fingerprint density at radius 3 is 2.29 bits per heavy atom. The lowest BCUT2D eigenvalue weighted by atomic mass is 10.1. The van der Waals surface area contributed by atoms with Gasteiger partial charge in [-0.2, -0.15) is 0 Å². The van der Waals surface area contributed by atoms with Crippen molar-refractivity contribution in [2.24, 2.45) is 10.9 Å². The molecule has 0 aliphatic carbocycles. The van der Waals surface area contributed by atoms with Crippen molar-refractivity contribution in [1.29, 1.82) is 0 Å². The van der Waals surface area contributed by atoms with Crippen LogP contribution in [0.25, 0.3) is 0 Å². The molecule has 0 aromatic rings. The minimum absolute atomic E-state index is 0. The monoisotopic (exact) mass is 474 g/mol. The molecule has 1 aliphatic rings. The first-order valence-corrected chi connectivity index (χ1v) is 10.5. The van der Waals surface area contributed by atoms with Crippen molar-refractivity contribution in [2.45, 2.75) is 52.6 Å². The predicted molar refractivity (Wildman–Crippen MR) is 113 cm³/mol. The van der Waals surface area contributed by atoms with E-state index in [1.165, 1.54) is 0 Å². The van der Waals surface area contributed by atoms with Gasteiger partial charge < -0.3 is 10.6 Å². The molecule has 2 N–H and O–H groups in total. The zero-order valence-electron chi connectivity index (χ0n) is 15.7. The average Bonchev–Trinajstić information content (AvgIpc) is 2.80. The summed E-state index contributed by atoms with van der Waals surface area (Å²) in [7, 11) is -1.06. The Balaban J connectivity index is 0.00000529. The van der Waals surface area contributed by atoms with Gasteiger partial charge in [0.15, 0.2) is 15.8 Å². The van der Waals surface area contributed by atoms with E-state index in [0.717, 1.165) is 31.9 Å². The number of hydrogen-bond acceptors (Lipinski definition) is 4. The fraction of sp³-hybridized carbons (Fsp3) is 0.938. The van der Waals surface area contributed by atoms with Gasteiger partial charge in [0.1, 0.15) is 0 Å². The molecule has 0 saturated carbocycles. The molecule has 6 nitrogen and oxygen atoms in total. The van der Waals surface area contributed by atoms with E-state index in [-0.39, 0.29) is 29.9 Å². The smallest absolute Gasteiger partial charge is 0.190 e. The summed E-state index contributed by atoms with van der Waals surface area (Å²) in [5.74, 6) is 1.59. The van der Waals surface area contributed by atoms with Crippen molar-refractivity contribution in [3.8, 4) is 0 Å². The van der Waals surface area contributed by atoms with Crippen LogP contribution in [0.5, 0.6) is 0 Å². The van der Waals surface area contributed by atoms with Crippen LogP contribution in [0.1, 0.15) is 40.5 Å². The van der Waals surface area contributed by atoms with E-state index in [4.69, 9.17) is 0 Å². The summed E-state index contributed by atoms with van der Waals surface area (Å²) in [6, 6.07) is 1.11. The van der Waals surface area contributed by atoms with Gasteiger partial charge in [-0.1, -0.05) is 0 Å². The fourth-order valence-electron chi connectivity index (χ4n) is 3.08. The van der Waals surface area contributed by atoms with Gasteiger partial charge in [0.05, 0.1) is 11.5 Å². The first kappa shape index (κ1) is 23.9. The minimum Gasteiger partial charge on any atom is -0.356 e. The van der Waals surface area contributed by atoms with Crippen LogP contribution in [0.4, 0.5) is 0 Å². The van der Waals surface area contributed by atoms with Gasteiger partial charge in [-0.05, 0) is 46.5 Å². The highest BCUT2D eigenvalue weighted by Crippen LogP contribution is 2.17. The Bertz CT molecular complexity index is 472. The number of nitrogens with one attached hydrogen (secondary N) is 2. The standard InChI is InChI=1S/C16H34N4O2S.HI/c1-13(2)20(14(3)4)9-6-8-18-16(17-5)19-11-15-7-10-23(21,22)12-15;/h13-15H,6-12H2,1-5H3,(H2,17,18,19);1H. The van der Waals surface area contributed by atoms with Crippen molar-refractivity contribution in [3.63, 3.8) is 0 Å². The lowest BCUT2D eigenvalue weighted by molar-refractivity contribution is 0.173. The molecule has 1 saturated heterocycles. The van der Waals surface area contributed by atoms with Crippen LogP contribution in [0.3, 0.4) is 0 Å². The van der Waals surface area contributed by atoms with Crippen molar-refractivity contribution < 1.29 is 8.42 Å². The average molecular weight is 474 g/mol. The summed E-state index contributed by atoms with van der Waals surface area (Å²) in [5, 5.41) is 6.55. The van der Waals surface area contributed by atoms with E-state index in [2.05, 4.69) is 48.2 Å². The molecular formula is C16H35IN4O2S. The van der Waals surface area contributed by atoms with E-state index >= 15 is 0 Å². The highest BCUT2D eigenvalue weighted by atomic mass is 127. The third kappa shape index (κ3) is 8.84. The van der Waals surface area contributed by atoms with Gasteiger partial charge in [0, 0.05) is 38.8 Å². The second-order valence-corrected chi connectivity index (χ2v) is 9.16. The highest BCUT2D eigenvalue weighted by Gasteiger charge is 2.27. The van der Waals surface area contributed by atoms with Crippen LogP contribution in [-0.2, 0) is 9.84 Å². The van der Waals surface area contributed by atoms with Gasteiger partial charge >= 0.3 is 0 Å². The van der Waals surface area contributed by atoms with E-state index in [9.17, 15) is 8.42 Å². The third-order valence-corrected chi connectivity index (χ3v) is 6.16. The van der Waals surface area contributed by atoms with Crippen molar-refractivity contribution in [1.82, 2.24) is 15.5 Å². The molecule has 8 heteroatoms. The summed E-state index contributed by atoms with van der Waals surface area (Å²) in [6.07, 6.45) is 1.80. The van der Waals surface area contributed by atoms with E-state index in [0.29, 0.717) is 30.1 Å². The van der Waals surface area contributed by atoms with Crippen molar-refractivity contribution >= 4 is 39.8 Å². The molecule has 1 rings (SSSR count). The predicted octanol–water partition coefficient (Wildman–Crippen LogP) is 1.71.